The Balaban J connectivity index is 2.16. The van der Waals surface area contributed by atoms with Gasteiger partial charge >= 0.3 is 0 Å². The average Bonchev–Trinajstić information content (AvgIpc) is 2.32. The molecule has 0 spiro atoms. The summed E-state index contributed by atoms with van der Waals surface area (Å²) < 4.78 is 5.67. The van der Waals surface area contributed by atoms with Gasteiger partial charge in [0.15, 0.2) is 0 Å². The number of rotatable bonds is 2. The Labute approximate surface area is 106 Å². The summed E-state index contributed by atoms with van der Waals surface area (Å²) in [7, 11) is 0. The molecule has 1 heterocycles. The van der Waals surface area contributed by atoms with Crippen LogP contribution in [0.3, 0.4) is 0 Å². The van der Waals surface area contributed by atoms with Crippen LogP contribution >= 0.6 is 0 Å². The Morgan fingerprint density at radius 3 is 2.71 bits per heavy atom. The second kappa shape index (κ2) is 5.25. The zero-order valence-electron chi connectivity index (χ0n) is 11.6. The predicted molar refractivity (Wildman–Crippen MR) is 71.0 cm³/mol. The maximum atomic E-state index is 6.18. The quantitative estimate of drug-likeness (QED) is 0.800. The molecule has 17 heavy (non-hydrogen) atoms. The monoisotopic (exact) mass is 240 g/mol. The second-order valence-corrected chi connectivity index (χ2v) is 6.22. The lowest BCUT2D eigenvalue weighted by Crippen LogP contribution is -2.63. The smallest absolute Gasteiger partial charge is 0.0674 e. The summed E-state index contributed by atoms with van der Waals surface area (Å²) in [5.41, 5.74) is 6.42. The Morgan fingerprint density at radius 2 is 2.06 bits per heavy atom. The van der Waals surface area contributed by atoms with Gasteiger partial charge in [0.2, 0.25) is 0 Å². The summed E-state index contributed by atoms with van der Waals surface area (Å²) in [4.78, 5) is 2.63. The normalized spacial score (nSPS) is 44.8. The number of nitrogens with two attached hydrogens (primary N) is 1. The van der Waals surface area contributed by atoms with Crippen molar-refractivity contribution in [3.05, 3.63) is 0 Å². The molecule has 3 heteroatoms. The van der Waals surface area contributed by atoms with Gasteiger partial charge in [-0.3, -0.25) is 4.90 Å². The van der Waals surface area contributed by atoms with Gasteiger partial charge in [-0.25, -0.2) is 0 Å². The van der Waals surface area contributed by atoms with E-state index in [0.717, 1.165) is 32.2 Å². The molecule has 2 aliphatic rings. The van der Waals surface area contributed by atoms with Gasteiger partial charge in [-0.05, 0) is 31.6 Å². The molecule has 1 aliphatic carbocycles. The van der Waals surface area contributed by atoms with Crippen LogP contribution in [0.4, 0.5) is 0 Å². The van der Waals surface area contributed by atoms with Crippen LogP contribution in [0.1, 0.15) is 40.0 Å². The fourth-order valence-corrected chi connectivity index (χ4v) is 3.79. The molecular weight excluding hydrogens is 212 g/mol. The van der Waals surface area contributed by atoms with Crippen molar-refractivity contribution in [3.63, 3.8) is 0 Å². The summed E-state index contributed by atoms with van der Waals surface area (Å²) >= 11 is 0. The lowest BCUT2D eigenvalue weighted by atomic mass is 9.68. The Kier molecular flexibility index (Phi) is 4.11. The van der Waals surface area contributed by atoms with E-state index in [4.69, 9.17) is 10.5 Å². The van der Waals surface area contributed by atoms with Crippen molar-refractivity contribution in [2.24, 2.45) is 17.6 Å². The first-order valence-corrected chi connectivity index (χ1v) is 7.15. The SMILES string of the molecule is CC1CCC(C)C(CN)(N2CCOC(C)C2)C1. The average molecular weight is 240 g/mol. The highest BCUT2D eigenvalue weighted by Gasteiger charge is 2.45. The van der Waals surface area contributed by atoms with E-state index in [1.165, 1.54) is 19.3 Å². The standard InChI is InChI=1S/C14H28N2O/c1-11-4-5-12(2)14(8-11,10-15)16-6-7-17-13(3)9-16/h11-13H,4-10,15H2,1-3H3. The maximum Gasteiger partial charge on any atom is 0.0674 e. The summed E-state index contributed by atoms with van der Waals surface area (Å²) in [6.45, 7) is 10.7. The largest absolute Gasteiger partial charge is 0.376 e. The molecule has 4 atom stereocenters. The molecule has 0 aromatic rings. The molecule has 0 aromatic heterocycles. The van der Waals surface area contributed by atoms with E-state index < -0.39 is 0 Å². The zero-order valence-corrected chi connectivity index (χ0v) is 11.6. The van der Waals surface area contributed by atoms with Gasteiger partial charge in [0.1, 0.15) is 0 Å². The molecule has 3 nitrogen and oxygen atoms in total. The minimum absolute atomic E-state index is 0.232. The van der Waals surface area contributed by atoms with Crippen molar-refractivity contribution >= 4 is 0 Å². The third-order valence-electron chi connectivity index (χ3n) is 4.94. The number of hydrogen-bond acceptors (Lipinski definition) is 3. The first kappa shape index (κ1) is 13.3. The van der Waals surface area contributed by atoms with Gasteiger partial charge in [0, 0.05) is 25.2 Å². The first-order valence-electron chi connectivity index (χ1n) is 7.15. The molecule has 2 fully saturated rings. The molecule has 100 valence electrons. The number of ether oxygens (including phenoxy) is 1. The van der Waals surface area contributed by atoms with Crippen LogP contribution in [0.5, 0.6) is 0 Å². The fraction of sp³-hybridized carbons (Fsp3) is 1.00. The van der Waals surface area contributed by atoms with Crippen molar-refractivity contribution in [1.82, 2.24) is 4.90 Å². The summed E-state index contributed by atoms with van der Waals surface area (Å²) in [6, 6.07) is 0. The van der Waals surface area contributed by atoms with Gasteiger partial charge in [-0.15, -0.1) is 0 Å². The van der Waals surface area contributed by atoms with E-state index in [1.807, 2.05) is 0 Å². The van der Waals surface area contributed by atoms with E-state index in [-0.39, 0.29) is 5.54 Å². The number of nitrogens with zero attached hydrogens (tertiary/aromatic N) is 1. The minimum Gasteiger partial charge on any atom is -0.376 e. The first-order chi connectivity index (χ1) is 8.08. The summed E-state index contributed by atoms with van der Waals surface area (Å²) in [5, 5.41) is 0. The molecular formula is C14H28N2O. The van der Waals surface area contributed by atoms with Crippen molar-refractivity contribution in [2.75, 3.05) is 26.2 Å². The topological polar surface area (TPSA) is 38.5 Å². The molecule has 4 unspecified atom stereocenters. The summed E-state index contributed by atoms with van der Waals surface area (Å²) in [6.07, 6.45) is 4.31. The molecule has 0 bridgehead atoms. The van der Waals surface area contributed by atoms with Crippen molar-refractivity contribution in [2.45, 2.75) is 51.7 Å². The third kappa shape index (κ3) is 2.51. The molecule has 0 radical (unpaired) electrons. The van der Waals surface area contributed by atoms with Gasteiger partial charge in [0.05, 0.1) is 12.7 Å². The van der Waals surface area contributed by atoms with Crippen LogP contribution in [0.15, 0.2) is 0 Å². The lowest BCUT2D eigenvalue weighted by molar-refractivity contribution is -0.0920. The van der Waals surface area contributed by atoms with E-state index >= 15 is 0 Å². The minimum atomic E-state index is 0.232. The molecule has 1 aliphatic heterocycles. The van der Waals surface area contributed by atoms with Gasteiger partial charge in [-0.1, -0.05) is 20.3 Å². The highest BCUT2D eigenvalue weighted by molar-refractivity contribution is 5.01. The molecule has 1 saturated carbocycles. The molecule has 2 N–H and O–H groups in total. The highest BCUT2D eigenvalue weighted by Crippen LogP contribution is 2.41. The molecule has 0 amide bonds. The molecule has 1 saturated heterocycles. The van der Waals surface area contributed by atoms with E-state index in [1.54, 1.807) is 0 Å². The van der Waals surface area contributed by atoms with Crippen LogP contribution in [-0.4, -0.2) is 42.8 Å². The van der Waals surface area contributed by atoms with Crippen molar-refractivity contribution < 1.29 is 4.74 Å². The maximum absolute atomic E-state index is 6.18. The Bertz CT molecular complexity index is 259. The van der Waals surface area contributed by atoms with Crippen molar-refractivity contribution in [3.8, 4) is 0 Å². The zero-order chi connectivity index (χ0) is 12.5. The van der Waals surface area contributed by atoms with Crippen LogP contribution in [0.25, 0.3) is 0 Å². The fourth-order valence-electron chi connectivity index (χ4n) is 3.79. The van der Waals surface area contributed by atoms with Crippen LogP contribution in [0, 0.1) is 11.8 Å². The van der Waals surface area contributed by atoms with Crippen LogP contribution < -0.4 is 5.73 Å². The lowest BCUT2D eigenvalue weighted by Gasteiger charge is -2.53. The molecule has 0 aromatic carbocycles. The third-order valence-corrected chi connectivity index (χ3v) is 4.94. The van der Waals surface area contributed by atoms with E-state index in [0.29, 0.717) is 12.0 Å². The van der Waals surface area contributed by atoms with Gasteiger partial charge in [-0.2, -0.15) is 0 Å². The van der Waals surface area contributed by atoms with Crippen molar-refractivity contribution in [1.29, 1.82) is 0 Å². The van der Waals surface area contributed by atoms with Crippen LogP contribution in [0.2, 0.25) is 0 Å². The van der Waals surface area contributed by atoms with Gasteiger partial charge in [0.25, 0.3) is 0 Å². The Hall–Kier alpha value is -0.120. The summed E-state index contributed by atoms with van der Waals surface area (Å²) in [5.74, 6) is 1.53. The highest BCUT2D eigenvalue weighted by atomic mass is 16.5. The predicted octanol–water partition coefficient (Wildman–Crippen LogP) is 1.86. The van der Waals surface area contributed by atoms with Gasteiger partial charge < -0.3 is 10.5 Å². The van der Waals surface area contributed by atoms with E-state index in [9.17, 15) is 0 Å². The Morgan fingerprint density at radius 1 is 1.29 bits per heavy atom. The molecule has 2 rings (SSSR count). The van der Waals surface area contributed by atoms with E-state index in [2.05, 4.69) is 25.7 Å². The second-order valence-electron chi connectivity index (χ2n) is 6.22. The van der Waals surface area contributed by atoms with Crippen LogP contribution in [-0.2, 0) is 4.74 Å². The number of hydrogen-bond donors (Lipinski definition) is 1. The number of morpholine rings is 1.